The number of halogens is 2. The van der Waals surface area contributed by atoms with Gasteiger partial charge in [-0.15, -0.1) is 24.8 Å². The molecular formula is C15H24Cl2N2. The Kier molecular flexibility index (Phi) is 6.61. The van der Waals surface area contributed by atoms with E-state index < -0.39 is 0 Å². The summed E-state index contributed by atoms with van der Waals surface area (Å²) in [5.41, 5.74) is 1.41. The van der Waals surface area contributed by atoms with E-state index in [1.165, 1.54) is 38.0 Å². The fraction of sp³-hybridized carbons (Fsp3) is 0.600. The van der Waals surface area contributed by atoms with Crippen LogP contribution in [0, 0.1) is 5.92 Å². The van der Waals surface area contributed by atoms with Crippen LogP contribution in [0.15, 0.2) is 30.3 Å². The summed E-state index contributed by atoms with van der Waals surface area (Å²) in [6, 6.07) is 12.0. The predicted octanol–water partition coefficient (Wildman–Crippen LogP) is 3.28. The van der Waals surface area contributed by atoms with Crippen LogP contribution in [0.1, 0.15) is 31.4 Å². The third-order valence-electron chi connectivity index (χ3n) is 4.42. The topological polar surface area (TPSA) is 15.3 Å². The van der Waals surface area contributed by atoms with Crippen molar-refractivity contribution in [2.45, 2.75) is 31.8 Å². The van der Waals surface area contributed by atoms with Crippen molar-refractivity contribution < 1.29 is 0 Å². The molecule has 1 aromatic rings. The Bertz CT molecular complexity index is 364. The second-order valence-corrected chi connectivity index (χ2v) is 5.54. The van der Waals surface area contributed by atoms with Crippen LogP contribution < -0.4 is 5.32 Å². The zero-order chi connectivity index (χ0) is 11.7. The molecular weight excluding hydrogens is 279 g/mol. The van der Waals surface area contributed by atoms with Gasteiger partial charge in [-0.1, -0.05) is 30.3 Å². The number of piperidine rings is 3. The largest absolute Gasteiger partial charge is 0.306 e. The molecule has 3 aliphatic rings. The number of fused-ring (bicyclic) bond motifs is 3. The van der Waals surface area contributed by atoms with Gasteiger partial charge >= 0.3 is 0 Å². The maximum absolute atomic E-state index is 3.82. The summed E-state index contributed by atoms with van der Waals surface area (Å²) in [5, 5.41) is 3.82. The zero-order valence-corrected chi connectivity index (χ0v) is 13.1. The molecule has 1 aromatic carbocycles. The summed E-state index contributed by atoms with van der Waals surface area (Å²) < 4.78 is 0. The van der Waals surface area contributed by atoms with Gasteiger partial charge in [0.15, 0.2) is 0 Å². The van der Waals surface area contributed by atoms with Crippen LogP contribution >= 0.6 is 24.8 Å². The average molecular weight is 303 g/mol. The first-order valence-electron chi connectivity index (χ1n) is 6.86. The summed E-state index contributed by atoms with van der Waals surface area (Å²) in [4.78, 5) is 2.61. The van der Waals surface area contributed by atoms with E-state index in [0.29, 0.717) is 12.1 Å². The summed E-state index contributed by atoms with van der Waals surface area (Å²) in [6.07, 6.45) is 2.78. The molecule has 2 bridgehead atoms. The Morgan fingerprint density at radius 3 is 2.26 bits per heavy atom. The number of rotatable bonds is 3. The quantitative estimate of drug-likeness (QED) is 0.922. The van der Waals surface area contributed by atoms with E-state index in [0.717, 1.165) is 5.92 Å². The normalized spacial score (nSPS) is 30.1. The molecule has 3 heterocycles. The number of hydrogen-bond acceptors (Lipinski definition) is 2. The zero-order valence-electron chi connectivity index (χ0n) is 11.4. The van der Waals surface area contributed by atoms with Crippen molar-refractivity contribution in [2.75, 3.05) is 19.6 Å². The van der Waals surface area contributed by atoms with Crippen LogP contribution in [0.4, 0.5) is 0 Å². The molecule has 0 aromatic heterocycles. The molecule has 0 saturated carbocycles. The fourth-order valence-electron chi connectivity index (χ4n) is 3.31. The Balaban J connectivity index is 0.000000902. The fourth-order valence-corrected chi connectivity index (χ4v) is 3.31. The van der Waals surface area contributed by atoms with Crippen LogP contribution in [-0.4, -0.2) is 30.6 Å². The van der Waals surface area contributed by atoms with Crippen molar-refractivity contribution in [1.82, 2.24) is 10.2 Å². The van der Waals surface area contributed by atoms with Crippen LogP contribution in [0.2, 0.25) is 0 Å². The molecule has 0 aliphatic carbocycles. The van der Waals surface area contributed by atoms with Gasteiger partial charge in [0.2, 0.25) is 0 Å². The van der Waals surface area contributed by atoms with Crippen molar-refractivity contribution in [2.24, 2.45) is 5.92 Å². The maximum Gasteiger partial charge on any atom is 0.0294 e. The van der Waals surface area contributed by atoms with Gasteiger partial charge in [0, 0.05) is 18.6 Å². The van der Waals surface area contributed by atoms with Crippen molar-refractivity contribution >= 4 is 24.8 Å². The van der Waals surface area contributed by atoms with Gasteiger partial charge in [0.05, 0.1) is 0 Å². The molecule has 4 heteroatoms. The molecule has 19 heavy (non-hydrogen) atoms. The van der Waals surface area contributed by atoms with E-state index in [1.807, 2.05) is 0 Å². The first-order chi connectivity index (χ1) is 8.33. The monoisotopic (exact) mass is 302 g/mol. The van der Waals surface area contributed by atoms with Crippen molar-refractivity contribution in [3.63, 3.8) is 0 Å². The highest BCUT2D eigenvalue weighted by Crippen LogP contribution is 2.29. The SMILES string of the molecule is C[C@H](N[C@H]1CN2CCC1CC2)c1ccccc1.Cl.Cl. The second kappa shape index (κ2) is 7.49. The van der Waals surface area contributed by atoms with Crippen molar-refractivity contribution in [1.29, 1.82) is 0 Å². The smallest absolute Gasteiger partial charge is 0.0294 e. The van der Waals surface area contributed by atoms with Gasteiger partial charge in [-0.05, 0) is 44.3 Å². The first kappa shape index (κ1) is 16.8. The average Bonchev–Trinajstić information content (AvgIpc) is 2.41. The Morgan fingerprint density at radius 1 is 1.11 bits per heavy atom. The second-order valence-electron chi connectivity index (χ2n) is 5.54. The first-order valence-corrected chi connectivity index (χ1v) is 6.86. The van der Waals surface area contributed by atoms with Crippen LogP contribution in [-0.2, 0) is 0 Å². The lowest BCUT2D eigenvalue weighted by atomic mass is 9.83. The minimum atomic E-state index is 0. The molecule has 3 saturated heterocycles. The molecule has 2 atom stereocenters. The molecule has 3 aliphatic heterocycles. The predicted molar refractivity (Wildman–Crippen MR) is 85.4 cm³/mol. The number of nitrogens with one attached hydrogen (secondary N) is 1. The van der Waals surface area contributed by atoms with Gasteiger partial charge in [-0.3, -0.25) is 0 Å². The van der Waals surface area contributed by atoms with Gasteiger partial charge in [-0.25, -0.2) is 0 Å². The van der Waals surface area contributed by atoms with Crippen LogP contribution in [0.25, 0.3) is 0 Å². The van der Waals surface area contributed by atoms with Crippen molar-refractivity contribution in [3.05, 3.63) is 35.9 Å². The lowest BCUT2D eigenvalue weighted by Gasteiger charge is -2.46. The van der Waals surface area contributed by atoms with Crippen LogP contribution in [0.3, 0.4) is 0 Å². The third-order valence-corrected chi connectivity index (χ3v) is 4.42. The highest BCUT2D eigenvalue weighted by Gasteiger charge is 2.34. The standard InChI is InChI=1S/C15H22N2.2ClH/c1-12(13-5-3-2-4-6-13)16-15-11-17-9-7-14(15)8-10-17;;/h2-6,12,14-16H,7-11H2,1H3;2*1H/t12-,15-;;/m0../s1. The molecule has 0 unspecified atom stereocenters. The number of nitrogens with zero attached hydrogens (tertiary/aromatic N) is 1. The highest BCUT2D eigenvalue weighted by molar-refractivity contribution is 5.85. The van der Waals surface area contributed by atoms with E-state index in [-0.39, 0.29) is 24.8 Å². The van der Waals surface area contributed by atoms with E-state index >= 15 is 0 Å². The number of benzene rings is 1. The Morgan fingerprint density at radius 2 is 1.74 bits per heavy atom. The molecule has 3 fully saturated rings. The van der Waals surface area contributed by atoms with Gasteiger partial charge in [0.1, 0.15) is 0 Å². The molecule has 4 rings (SSSR count). The van der Waals surface area contributed by atoms with E-state index in [1.54, 1.807) is 0 Å². The van der Waals surface area contributed by atoms with Gasteiger partial charge in [-0.2, -0.15) is 0 Å². The summed E-state index contributed by atoms with van der Waals surface area (Å²) >= 11 is 0. The van der Waals surface area contributed by atoms with E-state index in [4.69, 9.17) is 0 Å². The highest BCUT2D eigenvalue weighted by atomic mass is 35.5. The third kappa shape index (κ3) is 3.85. The molecule has 0 radical (unpaired) electrons. The summed E-state index contributed by atoms with van der Waals surface area (Å²) in [7, 11) is 0. The summed E-state index contributed by atoms with van der Waals surface area (Å²) in [6.45, 7) is 6.18. The Labute approximate surface area is 128 Å². The molecule has 2 nitrogen and oxygen atoms in total. The van der Waals surface area contributed by atoms with E-state index in [9.17, 15) is 0 Å². The lowest BCUT2D eigenvalue weighted by Crippen LogP contribution is -2.56. The maximum atomic E-state index is 3.82. The lowest BCUT2D eigenvalue weighted by molar-refractivity contribution is 0.0680. The Hall–Kier alpha value is -0.280. The number of hydrogen-bond donors (Lipinski definition) is 1. The van der Waals surface area contributed by atoms with E-state index in [2.05, 4.69) is 47.5 Å². The molecule has 0 amide bonds. The van der Waals surface area contributed by atoms with Crippen LogP contribution in [0.5, 0.6) is 0 Å². The minimum absolute atomic E-state index is 0. The molecule has 1 N–H and O–H groups in total. The van der Waals surface area contributed by atoms with Crippen molar-refractivity contribution in [3.8, 4) is 0 Å². The minimum Gasteiger partial charge on any atom is -0.306 e. The van der Waals surface area contributed by atoms with Gasteiger partial charge in [0.25, 0.3) is 0 Å². The summed E-state index contributed by atoms with van der Waals surface area (Å²) in [5.74, 6) is 0.908. The van der Waals surface area contributed by atoms with Gasteiger partial charge < -0.3 is 10.2 Å². The molecule has 108 valence electrons. The molecule has 0 spiro atoms.